The van der Waals surface area contributed by atoms with Crippen LogP contribution >= 0.6 is 0 Å². The number of hydrogen-bond acceptors (Lipinski definition) is 5. The highest BCUT2D eigenvalue weighted by Crippen LogP contribution is 2.29. The summed E-state index contributed by atoms with van der Waals surface area (Å²) in [5, 5.41) is 15.1. The van der Waals surface area contributed by atoms with Crippen molar-refractivity contribution in [3.8, 4) is 11.6 Å². The number of anilines is 1. The van der Waals surface area contributed by atoms with Crippen molar-refractivity contribution in [2.24, 2.45) is 0 Å². The minimum Gasteiger partial charge on any atom is -0.494 e. The van der Waals surface area contributed by atoms with E-state index in [1.165, 1.54) is 0 Å². The number of fused-ring (bicyclic) bond motifs is 1. The smallest absolute Gasteiger partial charge is 0.225 e. The zero-order valence-corrected chi connectivity index (χ0v) is 11.6. The van der Waals surface area contributed by atoms with Crippen molar-refractivity contribution in [1.82, 2.24) is 24.3 Å². The van der Waals surface area contributed by atoms with Crippen molar-refractivity contribution in [3.63, 3.8) is 0 Å². The fraction of sp³-hybridized carbons (Fsp3) is 0.308. The van der Waals surface area contributed by atoms with E-state index in [0.717, 1.165) is 12.2 Å². The van der Waals surface area contributed by atoms with Gasteiger partial charge in [0.15, 0.2) is 0 Å². The van der Waals surface area contributed by atoms with Crippen LogP contribution in [0.2, 0.25) is 0 Å². The summed E-state index contributed by atoms with van der Waals surface area (Å²) in [5.41, 5.74) is 1.50. The van der Waals surface area contributed by atoms with Crippen LogP contribution in [0.25, 0.3) is 16.6 Å². The molecule has 0 aliphatic rings. The Morgan fingerprint density at radius 1 is 1.25 bits per heavy atom. The Bertz CT molecular complexity index is 757. The van der Waals surface area contributed by atoms with E-state index in [9.17, 15) is 5.11 Å². The van der Waals surface area contributed by atoms with Gasteiger partial charge in [-0.25, -0.2) is 9.97 Å². The molecule has 3 heterocycles. The van der Waals surface area contributed by atoms with Crippen LogP contribution in [0.5, 0.6) is 5.88 Å². The van der Waals surface area contributed by atoms with Crippen molar-refractivity contribution >= 4 is 16.9 Å². The van der Waals surface area contributed by atoms with Gasteiger partial charge in [0.05, 0.1) is 22.8 Å². The molecule has 0 amide bonds. The lowest BCUT2D eigenvalue weighted by molar-refractivity contribution is 0.448. The van der Waals surface area contributed by atoms with Gasteiger partial charge in [-0.15, -0.1) is 0 Å². The number of rotatable bonds is 3. The molecule has 0 aromatic carbocycles. The maximum absolute atomic E-state index is 10.3. The number of aromatic hydroxyl groups is 1. The zero-order chi connectivity index (χ0) is 14.3. The lowest BCUT2D eigenvalue weighted by Crippen LogP contribution is -2.12. The molecular formula is C13H16N6O. The van der Waals surface area contributed by atoms with Gasteiger partial charge >= 0.3 is 0 Å². The van der Waals surface area contributed by atoms with Crippen LogP contribution in [0, 0.1) is 0 Å². The maximum atomic E-state index is 10.3. The van der Waals surface area contributed by atoms with Gasteiger partial charge in [-0.3, -0.25) is 9.25 Å². The summed E-state index contributed by atoms with van der Waals surface area (Å²) >= 11 is 0. The van der Waals surface area contributed by atoms with Crippen LogP contribution in [-0.2, 0) is 6.54 Å². The van der Waals surface area contributed by atoms with Gasteiger partial charge in [0.1, 0.15) is 0 Å². The predicted octanol–water partition coefficient (Wildman–Crippen LogP) is 1.41. The zero-order valence-electron chi connectivity index (χ0n) is 11.6. The molecule has 3 aromatic heterocycles. The van der Waals surface area contributed by atoms with Gasteiger partial charge in [-0.2, -0.15) is 5.10 Å². The minimum absolute atomic E-state index is 0.126. The standard InChI is InChI=1S/C13H16N6O/c1-4-18-7-9(5-15-18)19-8-11-10(12(19)20)6-14-13(16-11)17(2)3/h5-8,20H,4H2,1-3H3. The molecule has 20 heavy (non-hydrogen) atoms. The van der Waals surface area contributed by atoms with Crippen molar-refractivity contribution in [1.29, 1.82) is 0 Å². The van der Waals surface area contributed by atoms with Crippen molar-refractivity contribution in [3.05, 3.63) is 24.8 Å². The highest BCUT2D eigenvalue weighted by molar-refractivity contribution is 5.85. The maximum Gasteiger partial charge on any atom is 0.225 e. The van der Waals surface area contributed by atoms with Crippen LogP contribution in [0.4, 0.5) is 5.95 Å². The Kier molecular flexibility index (Phi) is 2.81. The Hall–Kier alpha value is -2.57. The molecule has 0 unspecified atom stereocenters. The van der Waals surface area contributed by atoms with Gasteiger partial charge in [0, 0.05) is 39.2 Å². The second-order valence-corrected chi connectivity index (χ2v) is 4.74. The van der Waals surface area contributed by atoms with E-state index in [0.29, 0.717) is 16.9 Å². The molecule has 0 bridgehead atoms. The molecule has 0 aliphatic carbocycles. The molecule has 0 fully saturated rings. The van der Waals surface area contributed by atoms with E-state index in [-0.39, 0.29) is 5.88 Å². The third kappa shape index (κ3) is 1.87. The van der Waals surface area contributed by atoms with E-state index in [2.05, 4.69) is 15.1 Å². The first-order chi connectivity index (χ1) is 9.60. The topological polar surface area (TPSA) is 72.0 Å². The lowest BCUT2D eigenvalue weighted by atomic mass is 10.4. The fourth-order valence-corrected chi connectivity index (χ4v) is 2.03. The largest absolute Gasteiger partial charge is 0.494 e. The molecule has 0 saturated heterocycles. The first-order valence-corrected chi connectivity index (χ1v) is 6.37. The molecule has 1 N–H and O–H groups in total. The van der Waals surface area contributed by atoms with Crippen molar-refractivity contribution in [2.75, 3.05) is 19.0 Å². The van der Waals surface area contributed by atoms with Gasteiger partial charge in [-0.1, -0.05) is 0 Å². The Morgan fingerprint density at radius 2 is 2.05 bits per heavy atom. The molecular weight excluding hydrogens is 256 g/mol. The molecule has 7 nitrogen and oxygen atoms in total. The summed E-state index contributed by atoms with van der Waals surface area (Å²) in [5.74, 6) is 0.736. The quantitative estimate of drug-likeness (QED) is 0.780. The van der Waals surface area contributed by atoms with Gasteiger partial charge < -0.3 is 10.0 Å². The second-order valence-electron chi connectivity index (χ2n) is 4.74. The molecule has 0 atom stereocenters. The summed E-state index contributed by atoms with van der Waals surface area (Å²) in [6, 6.07) is 0. The fourth-order valence-electron chi connectivity index (χ4n) is 2.03. The summed E-state index contributed by atoms with van der Waals surface area (Å²) < 4.78 is 3.47. The van der Waals surface area contributed by atoms with E-state index >= 15 is 0 Å². The highest BCUT2D eigenvalue weighted by atomic mass is 16.3. The Morgan fingerprint density at radius 3 is 2.70 bits per heavy atom. The van der Waals surface area contributed by atoms with Gasteiger partial charge in [0.25, 0.3) is 0 Å². The highest BCUT2D eigenvalue weighted by Gasteiger charge is 2.13. The first kappa shape index (κ1) is 12.5. The third-order valence-electron chi connectivity index (χ3n) is 3.15. The van der Waals surface area contributed by atoms with Crippen LogP contribution in [0.3, 0.4) is 0 Å². The molecule has 0 saturated carbocycles. The average molecular weight is 272 g/mol. The van der Waals surface area contributed by atoms with E-state index < -0.39 is 0 Å². The molecule has 3 rings (SSSR count). The van der Waals surface area contributed by atoms with Crippen molar-refractivity contribution in [2.45, 2.75) is 13.5 Å². The molecule has 0 radical (unpaired) electrons. The number of hydrogen-bond donors (Lipinski definition) is 1. The predicted molar refractivity (Wildman–Crippen MR) is 76.3 cm³/mol. The number of nitrogens with zero attached hydrogens (tertiary/aromatic N) is 6. The number of aromatic nitrogens is 5. The molecule has 0 aliphatic heterocycles. The molecule has 0 spiro atoms. The normalized spacial score (nSPS) is 11.2. The lowest BCUT2D eigenvalue weighted by Gasteiger charge is -2.08. The SMILES string of the molecule is CCn1cc(-n2cc3nc(N(C)C)ncc3c2O)cn1. The van der Waals surface area contributed by atoms with E-state index in [1.54, 1.807) is 27.8 Å². The third-order valence-corrected chi connectivity index (χ3v) is 3.15. The minimum atomic E-state index is 0.126. The first-order valence-electron chi connectivity index (χ1n) is 6.37. The monoisotopic (exact) mass is 272 g/mol. The Labute approximate surface area is 116 Å². The molecule has 7 heteroatoms. The molecule has 104 valence electrons. The second kappa shape index (κ2) is 4.52. The van der Waals surface area contributed by atoms with Crippen LogP contribution in [-0.4, -0.2) is 43.5 Å². The summed E-state index contributed by atoms with van der Waals surface area (Å²) in [6.45, 7) is 2.80. The summed E-state index contributed by atoms with van der Waals surface area (Å²) in [6.07, 6.45) is 7.01. The van der Waals surface area contributed by atoms with Gasteiger partial charge in [0.2, 0.25) is 11.8 Å². The summed E-state index contributed by atoms with van der Waals surface area (Å²) in [7, 11) is 3.76. The van der Waals surface area contributed by atoms with Gasteiger partial charge in [-0.05, 0) is 6.92 Å². The molecule has 3 aromatic rings. The van der Waals surface area contributed by atoms with E-state index in [1.807, 2.05) is 32.1 Å². The average Bonchev–Trinajstić information content (AvgIpc) is 3.03. The number of aryl methyl sites for hydroxylation is 1. The van der Waals surface area contributed by atoms with Crippen LogP contribution < -0.4 is 4.90 Å². The Balaban J connectivity index is 2.14. The van der Waals surface area contributed by atoms with Crippen molar-refractivity contribution < 1.29 is 5.11 Å². The van der Waals surface area contributed by atoms with Crippen LogP contribution in [0.1, 0.15) is 6.92 Å². The summed E-state index contributed by atoms with van der Waals surface area (Å²) in [4.78, 5) is 10.5. The van der Waals surface area contributed by atoms with Crippen LogP contribution in [0.15, 0.2) is 24.8 Å². The van der Waals surface area contributed by atoms with E-state index in [4.69, 9.17) is 0 Å².